The molecular weight excluding hydrogens is 366 g/mol. The molecule has 0 aliphatic heterocycles. The average Bonchev–Trinajstić information content (AvgIpc) is 2.61. The zero-order valence-electron chi connectivity index (χ0n) is 16.7. The van der Waals surface area contributed by atoms with Crippen molar-refractivity contribution < 1.29 is 23.8 Å². The van der Waals surface area contributed by atoms with Crippen LogP contribution in [0.5, 0.6) is 5.75 Å². The standard InChI is InChI=1S/C20H29NO5S/c1-20(2,3)26-19(23)21-13-6-8-14(9-7-13)25-17-12-15(27-5)10-11-16(17)18(22)24-4/h10-14H,6-9H2,1-5H3,(H,21,23). The van der Waals surface area contributed by atoms with Crippen molar-refractivity contribution >= 4 is 23.8 Å². The SMILES string of the molecule is COC(=O)c1ccc(SC)cc1OC1CCC(NC(=O)OC(C)(C)C)CC1. The van der Waals surface area contributed by atoms with Crippen molar-refractivity contribution in [3.05, 3.63) is 23.8 Å². The first-order valence-corrected chi connectivity index (χ1v) is 10.4. The van der Waals surface area contributed by atoms with Gasteiger partial charge in [0.25, 0.3) is 0 Å². The maximum absolute atomic E-state index is 12.0. The number of amides is 1. The molecule has 1 fully saturated rings. The average molecular weight is 396 g/mol. The molecule has 6 nitrogen and oxygen atoms in total. The normalized spacial score (nSPS) is 19.9. The van der Waals surface area contributed by atoms with E-state index in [2.05, 4.69) is 5.32 Å². The minimum atomic E-state index is -0.503. The second-order valence-corrected chi connectivity index (χ2v) is 8.47. The molecule has 0 bridgehead atoms. The molecule has 7 heteroatoms. The molecule has 150 valence electrons. The Hall–Kier alpha value is -1.89. The maximum Gasteiger partial charge on any atom is 0.407 e. The van der Waals surface area contributed by atoms with Gasteiger partial charge in [-0.05, 0) is 70.9 Å². The molecule has 0 unspecified atom stereocenters. The number of benzene rings is 1. The fourth-order valence-electron chi connectivity index (χ4n) is 2.98. The van der Waals surface area contributed by atoms with Crippen molar-refractivity contribution in [1.29, 1.82) is 0 Å². The van der Waals surface area contributed by atoms with Crippen LogP contribution in [0.2, 0.25) is 0 Å². The van der Waals surface area contributed by atoms with Crippen molar-refractivity contribution in [2.24, 2.45) is 0 Å². The van der Waals surface area contributed by atoms with Gasteiger partial charge in [-0.25, -0.2) is 9.59 Å². The predicted octanol–water partition coefficient (Wildman–Crippen LogP) is 4.41. The molecule has 0 heterocycles. The first-order valence-electron chi connectivity index (χ1n) is 9.14. The van der Waals surface area contributed by atoms with Crippen LogP contribution in [0.1, 0.15) is 56.8 Å². The Morgan fingerprint density at radius 3 is 2.37 bits per heavy atom. The van der Waals surface area contributed by atoms with Gasteiger partial charge >= 0.3 is 12.1 Å². The van der Waals surface area contributed by atoms with Crippen LogP contribution in [0.4, 0.5) is 4.79 Å². The van der Waals surface area contributed by atoms with E-state index in [-0.39, 0.29) is 18.2 Å². The number of rotatable bonds is 5. The number of hydrogen-bond donors (Lipinski definition) is 1. The topological polar surface area (TPSA) is 73.9 Å². The molecule has 0 atom stereocenters. The lowest BCUT2D eigenvalue weighted by molar-refractivity contribution is 0.0465. The van der Waals surface area contributed by atoms with Crippen LogP contribution in [-0.2, 0) is 9.47 Å². The molecule has 1 saturated carbocycles. The van der Waals surface area contributed by atoms with Crippen molar-refractivity contribution in [3.8, 4) is 5.75 Å². The molecular formula is C20H29NO5S. The number of thioether (sulfide) groups is 1. The number of ether oxygens (including phenoxy) is 3. The number of carbonyl (C=O) groups excluding carboxylic acids is 2. The van der Waals surface area contributed by atoms with Gasteiger partial charge in [-0.15, -0.1) is 11.8 Å². The van der Waals surface area contributed by atoms with E-state index in [1.165, 1.54) is 7.11 Å². The lowest BCUT2D eigenvalue weighted by Crippen LogP contribution is -2.42. The van der Waals surface area contributed by atoms with Crippen LogP contribution in [0.3, 0.4) is 0 Å². The van der Waals surface area contributed by atoms with E-state index in [0.29, 0.717) is 11.3 Å². The van der Waals surface area contributed by atoms with Crippen LogP contribution in [0.15, 0.2) is 23.1 Å². The van der Waals surface area contributed by atoms with Crippen LogP contribution in [0, 0.1) is 0 Å². The summed E-state index contributed by atoms with van der Waals surface area (Å²) in [6, 6.07) is 5.58. The summed E-state index contributed by atoms with van der Waals surface area (Å²) in [5.41, 5.74) is -0.0684. The summed E-state index contributed by atoms with van der Waals surface area (Å²) in [6.07, 6.45) is 4.80. The highest BCUT2D eigenvalue weighted by molar-refractivity contribution is 7.98. The highest BCUT2D eigenvalue weighted by atomic mass is 32.2. The molecule has 1 aliphatic rings. The summed E-state index contributed by atoms with van der Waals surface area (Å²) in [5, 5.41) is 2.92. The molecule has 1 amide bonds. The Kier molecular flexibility index (Phi) is 7.41. The van der Waals surface area contributed by atoms with E-state index in [1.54, 1.807) is 17.8 Å². The van der Waals surface area contributed by atoms with Crippen molar-refractivity contribution in [2.75, 3.05) is 13.4 Å². The zero-order chi connectivity index (χ0) is 20.0. The fraction of sp³-hybridized carbons (Fsp3) is 0.600. The van der Waals surface area contributed by atoms with Crippen LogP contribution < -0.4 is 10.1 Å². The first-order chi connectivity index (χ1) is 12.7. The van der Waals surface area contributed by atoms with E-state index >= 15 is 0 Å². The van der Waals surface area contributed by atoms with Crippen molar-refractivity contribution in [1.82, 2.24) is 5.32 Å². The van der Waals surface area contributed by atoms with Gasteiger partial charge in [-0.1, -0.05) is 0 Å². The summed E-state index contributed by atoms with van der Waals surface area (Å²) in [7, 11) is 1.36. The van der Waals surface area contributed by atoms with Gasteiger partial charge in [-0.2, -0.15) is 0 Å². The number of carbonyl (C=O) groups is 2. The largest absolute Gasteiger partial charge is 0.489 e. The van der Waals surface area contributed by atoms with Gasteiger partial charge < -0.3 is 19.5 Å². The summed E-state index contributed by atoms with van der Waals surface area (Å²) in [6.45, 7) is 5.54. The third-order valence-corrected chi connectivity index (χ3v) is 5.01. The van der Waals surface area contributed by atoms with Gasteiger partial charge in [0, 0.05) is 10.9 Å². The summed E-state index contributed by atoms with van der Waals surface area (Å²) in [5.74, 6) is 0.148. The number of nitrogens with one attached hydrogen (secondary N) is 1. The Balaban J connectivity index is 1.93. The second kappa shape index (κ2) is 9.35. The number of alkyl carbamates (subject to hydrolysis) is 1. The monoisotopic (exact) mass is 395 g/mol. The lowest BCUT2D eigenvalue weighted by Gasteiger charge is -2.30. The second-order valence-electron chi connectivity index (χ2n) is 7.59. The summed E-state index contributed by atoms with van der Waals surface area (Å²) in [4.78, 5) is 24.9. The Labute approximate surface area is 165 Å². The van der Waals surface area contributed by atoms with Gasteiger partial charge in [0.05, 0.1) is 13.2 Å². The molecule has 1 aromatic carbocycles. The minimum absolute atomic E-state index is 0.00204. The Bertz CT molecular complexity index is 663. The predicted molar refractivity (Wildman–Crippen MR) is 106 cm³/mol. The van der Waals surface area contributed by atoms with E-state index in [1.807, 2.05) is 39.2 Å². The molecule has 1 aliphatic carbocycles. The zero-order valence-corrected chi connectivity index (χ0v) is 17.5. The molecule has 0 spiro atoms. The highest BCUT2D eigenvalue weighted by Gasteiger charge is 2.27. The van der Waals surface area contributed by atoms with E-state index in [4.69, 9.17) is 14.2 Å². The fourth-order valence-corrected chi connectivity index (χ4v) is 3.41. The van der Waals surface area contributed by atoms with E-state index < -0.39 is 11.6 Å². The Morgan fingerprint density at radius 1 is 1.15 bits per heavy atom. The Morgan fingerprint density at radius 2 is 1.81 bits per heavy atom. The smallest absolute Gasteiger partial charge is 0.407 e. The van der Waals surface area contributed by atoms with Gasteiger partial charge in [-0.3, -0.25) is 0 Å². The molecule has 2 rings (SSSR count). The number of methoxy groups -OCH3 is 1. The molecule has 27 heavy (non-hydrogen) atoms. The number of hydrogen-bond acceptors (Lipinski definition) is 6. The first kappa shape index (κ1) is 21.4. The molecule has 0 radical (unpaired) electrons. The van der Waals surface area contributed by atoms with Crippen molar-refractivity contribution in [3.63, 3.8) is 0 Å². The quantitative estimate of drug-likeness (QED) is 0.588. The summed E-state index contributed by atoms with van der Waals surface area (Å²) < 4.78 is 16.3. The lowest BCUT2D eigenvalue weighted by atomic mass is 9.93. The highest BCUT2D eigenvalue weighted by Crippen LogP contribution is 2.30. The van der Waals surface area contributed by atoms with Gasteiger partial charge in [0.15, 0.2) is 0 Å². The van der Waals surface area contributed by atoms with Gasteiger partial charge in [0.1, 0.15) is 16.9 Å². The van der Waals surface area contributed by atoms with Crippen LogP contribution in [0.25, 0.3) is 0 Å². The molecule has 1 N–H and O–H groups in total. The number of esters is 1. The van der Waals surface area contributed by atoms with E-state index in [0.717, 1.165) is 30.6 Å². The molecule has 0 aromatic heterocycles. The van der Waals surface area contributed by atoms with Crippen LogP contribution in [-0.4, -0.2) is 43.2 Å². The minimum Gasteiger partial charge on any atom is -0.489 e. The van der Waals surface area contributed by atoms with E-state index in [9.17, 15) is 9.59 Å². The maximum atomic E-state index is 12.0. The third-order valence-electron chi connectivity index (χ3n) is 4.28. The van der Waals surface area contributed by atoms with Crippen LogP contribution >= 0.6 is 11.8 Å². The van der Waals surface area contributed by atoms with Gasteiger partial charge in [0.2, 0.25) is 0 Å². The summed E-state index contributed by atoms with van der Waals surface area (Å²) >= 11 is 1.59. The van der Waals surface area contributed by atoms with Crippen molar-refractivity contribution in [2.45, 2.75) is 69.1 Å². The molecule has 1 aromatic rings. The third kappa shape index (κ3) is 6.65. The molecule has 0 saturated heterocycles.